The molecule has 1 fully saturated rings. The van der Waals surface area contributed by atoms with E-state index in [2.05, 4.69) is 57.3 Å². The number of piperazine rings is 1. The highest BCUT2D eigenvalue weighted by Crippen LogP contribution is 2.13. The minimum atomic E-state index is 0.668. The molecule has 1 aromatic carbocycles. The molecule has 1 aromatic rings. The van der Waals surface area contributed by atoms with Crippen LogP contribution in [0.4, 0.5) is 0 Å². The predicted octanol–water partition coefficient (Wildman–Crippen LogP) is 2.29. The third kappa shape index (κ3) is 3.30. The van der Waals surface area contributed by atoms with Gasteiger partial charge in [-0.15, -0.1) is 0 Å². The molecule has 1 aliphatic heterocycles. The van der Waals surface area contributed by atoms with Gasteiger partial charge in [-0.05, 0) is 31.0 Å². The summed E-state index contributed by atoms with van der Waals surface area (Å²) in [7, 11) is 0. The summed E-state index contributed by atoms with van der Waals surface area (Å²) in [6, 6.07) is 9.28. The molecule has 2 rings (SSSR count). The van der Waals surface area contributed by atoms with E-state index in [1.54, 1.807) is 0 Å². The lowest BCUT2D eigenvalue weighted by Gasteiger charge is -2.33. The van der Waals surface area contributed by atoms with Gasteiger partial charge in [0.15, 0.2) is 0 Å². The largest absolute Gasteiger partial charge is 0.314 e. The Bertz CT molecular complexity index is 340. The van der Waals surface area contributed by atoms with E-state index in [1.807, 2.05) is 0 Å². The Kier molecular flexibility index (Phi) is 4.38. The first kappa shape index (κ1) is 12.1. The average molecular weight is 283 g/mol. The predicted molar refractivity (Wildman–Crippen MR) is 71.8 cm³/mol. The Balaban J connectivity index is 1.86. The molecule has 0 spiro atoms. The van der Waals surface area contributed by atoms with Crippen LogP contribution in [0, 0.1) is 0 Å². The van der Waals surface area contributed by atoms with Crippen molar-refractivity contribution in [1.82, 2.24) is 10.2 Å². The number of hydrogen-bond acceptors (Lipinski definition) is 2. The van der Waals surface area contributed by atoms with E-state index < -0.39 is 0 Å². The molecule has 0 aromatic heterocycles. The molecule has 1 N–H and O–H groups in total. The summed E-state index contributed by atoms with van der Waals surface area (Å²) in [4.78, 5) is 2.57. The van der Waals surface area contributed by atoms with Gasteiger partial charge in [0.25, 0.3) is 0 Å². The molecule has 1 heterocycles. The van der Waals surface area contributed by atoms with Crippen molar-refractivity contribution >= 4 is 15.9 Å². The van der Waals surface area contributed by atoms with Crippen molar-refractivity contribution in [1.29, 1.82) is 0 Å². The summed E-state index contributed by atoms with van der Waals surface area (Å²) < 4.78 is 1.18. The van der Waals surface area contributed by atoms with Crippen LogP contribution < -0.4 is 5.32 Å². The zero-order chi connectivity index (χ0) is 11.4. The maximum atomic E-state index is 3.52. The number of nitrogens with one attached hydrogen (secondary N) is 1. The van der Waals surface area contributed by atoms with Crippen molar-refractivity contribution < 1.29 is 0 Å². The van der Waals surface area contributed by atoms with E-state index in [0.29, 0.717) is 6.04 Å². The van der Waals surface area contributed by atoms with Crippen molar-refractivity contribution in [3.8, 4) is 0 Å². The Hall–Kier alpha value is -0.380. The third-order valence-electron chi connectivity index (χ3n) is 3.22. The van der Waals surface area contributed by atoms with Gasteiger partial charge in [-0.2, -0.15) is 0 Å². The summed E-state index contributed by atoms with van der Waals surface area (Å²) in [6.45, 7) is 6.89. The molecule has 1 saturated heterocycles. The topological polar surface area (TPSA) is 15.3 Å². The minimum absolute atomic E-state index is 0.668. The monoisotopic (exact) mass is 282 g/mol. The molecule has 0 bridgehead atoms. The van der Waals surface area contributed by atoms with Crippen LogP contribution in [0.25, 0.3) is 0 Å². The maximum Gasteiger partial charge on any atom is 0.0193 e. The Labute approximate surface area is 106 Å². The Morgan fingerprint density at radius 1 is 1.50 bits per heavy atom. The van der Waals surface area contributed by atoms with E-state index in [1.165, 1.54) is 23.1 Å². The third-order valence-corrected chi connectivity index (χ3v) is 3.71. The fourth-order valence-corrected chi connectivity index (χ4v) is 2.63. The number of hydrogen-bond donors (Lipinski definition) is 1. The van der Waals surface area contributed by atoms with Gasteiger partial charge in [0.2, 0.25) is 0 Å². The van der Waals surface area contributed by atoms with Gasteiger partial charge in [0.05, 0.1) is 0 Å². The maximum absolute atomic E-state index is 3.52. The van der Waals surface area contributed by atoms with E-state index in [9.17, 15) is 0 Å². The zero-order valence-electron chi connectivity index (χ0n) is 9.75. The molecule has 0 aliphatic carbocycles. The molecular weight excluding hydrogens is 264 g/mol. The number of nitrogens with zero attached hydrogens (tertiary/aromatic N) is 1. The number of halogens is 1. The van der Waals surface area contributed by atoms with Gasteiger partial charge in [-0.3, -0.25) is 4.90 Å². The van der Waals surface area contributed by atoms with Crippen LogP contribution in [0.15, 0.2) is 28.7 Å². The second kappa shape index (κ2) is 5.80. The molecule has 88 valence electrons. The molecule has 0 radical (unpaired) electrons. The van der Waals surface area contributed by atoms with Crippen molar-refractivity contribution in [3.05, 3.63) is 34.3 Å². The highest BCUT2D eigenvalue weighted by atomic mass is 79.9. The summed E-state index contributed by atoms with van der Waals surface area (Å²) in [5.41, 5.74) is 1.42. The lowest BCUT2D eigenvalue weighted by Crippen LogP contribution is -2.50. The van der Waals surface area contributed by atoms with Gasteiger partial charge in [-0.25, -0.2) is 0 Å². The van der Waals surface area contributed by atoms with E-state index in [4.69, 9.17) is 0 Å². The molecular formula is C13H19BrN2. The lowest BCUT2D eigenvalue weighted by atomic mass is 10.1. The fourth-order valence-electron chi connectivity index (χ4n) is 2.18. The highest BCUT2D eigenvalue weighted by molar-refractivity contribution is 9.10. The summed E-state index contributed by atoms with van der Waals surface area (Å²) >= 11 is 3.52. The van der Waals surface area contributed by atoms with Crippen LogP contribution in [0.5, 0.6) is 0 Å². The molecule has 2 nitrogen and oxygen atoms in total. The zero-order valence-corrected chi connectivity index (χ0v) is 11.3. The standard InChI is InChI=1S/C13H19BrN2/c1-11-10-15-6-8-16(11)7-5-12-3-2-4-13(14)9-12/h2-4,9,11,15H,5-8,10H2,1H3. The summed E-state index contributed by atoms with van der Waals surface area (Å²) in [5, 5.41) is 3.42. The van der Waals surface area contributed by atoms with Crippen LogP contribution >= 0.6 is 15.9 Å². The van der Waals surface area contributed by atoms with Crippen molar-refractivity contribution in [2.45, 2.75) is 19.4 Å². The second-order valence-corrected chi connectivity index (χ2v) is 5.38. The number of benzene rings is 1. The van der Waals surface area contributed by atoms with Crippen LogP contribution in [-0.4, -0.2) is 37.1 Å². The first-order valence-electron chi connectivity index (χ1n) is 5.95. The molecule has 1 unspecified atom stereocenters. The number of rotatable bonds is 3. The molecule has 1 atom stereocenters. The SMILES string of the molecule is CC1CNCCN1CCc1cccc(Br)c1. The van der Waals surface area contributed by atoms with E-state index in [-0.39, 0.29) is 0 Å². The van der Waals surface area contributed by atoms with Gasteiger partial charge in [-0.1, -0.05) is 28.1 Å². The molecule has 16 heavy (non-hydrogen) atoms. The fraction of sp³-hybridized carbons (Fsp3) is 0.538. The quantitative estimate of drug-likeness (QED) is 0.915. The second-order valence-electron chi connectivity index (χ2n) is 4.47. The summed E-state index contributed by atoms with van der Waals surface area (Å²) in [5.74, 6) is 0. The van der Waals surface area contributed by atoms with Crippen molar-refractivity contribution in [2.75, 3.05) is 26.2 Å². The van der Waals surface area contributed by atoms with E-state index >= 15 is 0 Å². The van der Waals surface area contributed by atoms with E-state index in [0.717, 1.165) is 19.5 Å². The van der Waals surface area contributed by atoms with Crippen LogP contribution in [0.3, 0.4) is 0 Å². The Morgan fingerprint density at radius 2 is 2.38 bits per heavy atom. The normalized spacial score (nSPS) is 22.2. The highest BCUT2D eigenvalue weighted by Gasteiger charge is 2.16. The Morgan fingerprint density at radius 3 is 3.12 bits per heavy atom. The summed E-state index contributed by atoms with van der Waals surface area (Å²) in [6.07, 6.45) is 1.14. The van der Waals surface area contributed by atoms with Crippen LogP contribution in [0.2, 0.25) is 0 Å². The van der Waals surface area contributed by atoms with Gasteiger partial charge < -0.3 is 5.32 Å². The van der Waals surface area contributed by atoms with Crippen molar-refractivity contribution in [2.24, 2.45) is 0 Å². The molecule has 1 aliphatic rings. The average Bonchev–Trinajstić information content (AvgIpc) is 2.28. The molecule has 3 heteroatoms. The lowest BCUT2D eigenvalue weighted by molar-refractivity contribution is 0.176. The van der Waals surface area contributed by atoms with Gasteiger partial charge in [0, 0.05) is 36.7 Å². The molecule has 0 saturated carbocycles. The van der Waals surface area contributed by atoms with Crippen LogP contribution in [-0.2, 0) is 6.42 Å². The van der Waals surface area contributed by atoms with Crippen molar-refractivity contribution in [3.63, 3.8) is 0 Å². The molecule has 0 amide bonds. The van der Waals surface area contributed by atoms with Crippen LogP contribution in [0.1, 0.15) is 12.5 Å². The van der Waals surface area contributed by atoms with Gasteiger partial charge in [0.1, 0.15) is 0 Å². The van der Waals surface area contributed by atoms with Gasteiger partial charge >= 0.3 is 0 Å². The first-order valence-corrected chi connectivity index (χ1v) is 6.74. The first-order chi connectivity index (χ1) is 7.75. The minimum Gasteiger partial charge on any atom is -0.314 e. The smallest absolute Gasteiger partial charge is 0.0193 e.